The maximum atomic E-state index is 12.4. The maximum absolute atomic E-state index is 12.4. The molecule has 1 aromatic rings. The van der Waals surface area contributed by atoms with Gasteiger partial charge in [0.05, 0.1) is 18.1 Å². The summed E-state index contributed by atoms with van der Waals surface area (Å²) in [7, 11) is 0. The zero-order valence-corrected chi connectivity index (χ0v) is 11.7. The molecule has 4 unspecified atom stereocenters. The van der Waals surface area contributed by atoms with Crippen LogP contribution in [0.3, 0.4) is 0 Å². The number of Topliss-reactive ketones (excluding diaryl/α,β-unsaturated/α-hetero) is 1. The highest BCUT2D eigenvalue weighted by Gasteiger charge is 2.46. The van der Waals surface area contributed by atoms with Gasteiger partial charge >= 0.3 is 0 Å². The van der Waals surface area contributed by atoms with E-state index < -0.39 is 24.2 Å². The van der Waals surface area contributed by atoms with Crippen molar-refractivity contribution >= 4 is 5.78 Å². The molecular weight excluding hydrogens is 272 g/mol. The first kappa shape index (κ1) is 14.1. The SMILES string of the molecule is Cc1ccc(OC2=COC3CC(O)CC(O)C3C2=O)cc1. The summed E-state index contributed by atoms with van der Waals surface area (Å²) in [6.07, 6.45) is -0.204. The molecule has 0 bridgehead atoms. The van der Waals surface area contributed by atoms with Crippen LogP contribution in [-0.4, -0.2) is 34.3 Å². The van der Waals surface area contributed by atoms with Gasteiger partial charge in [-0.05, 0) is 19.1 Å². The third-order valence-electron chi connectivity index (χ3n) is 3.98. The molecule has 4 atom stereocenters. The molecule has 0 aromatic heterocycles. The van der Waals surface area contributed by atoms with E-state index in [-0.39, 0.29) is 18.0 Å². The molecule has 1 aliphatic heterocycles. The zero-order valence-electron chi connectivity index (χ0n) is 11.7. The molecule has 112 valence electrons. The monoisotopic (exact) mass is 290 g/mol. The maximum Gasteiger partial charge on any atom is 0.210 e. The summed E-state index contributed by atoms with van der Waals surface area (Å²) in [5.41, 5.74) is 1.10. The Kier molecular flexibility index (Phi) is 3.69. The Bertz CT molecular complexity index is 563. The molecule has 0 amide bonds. The van der Waals surface area contributed by atoms with E-state index in [9.17, 15) is 15.0 Å². The van der Waals surface area contributed by atoms with Gasteiger partial charge in [0, 0.05) is 12.8 Å². The Labute approximate surface area is 122 Å². The third kappa shape index (κ3) is 2.80. The first-order valence-corrected chi connectivity index (χ1v) is 7.05. The van der Waals surface area contributed by atoms with Crippen LogP contribution in [0.15, 0.2) is 36.3 Å². The van der Waals surface area contributed by atoms with Crippen LogP contribution < -0.4 is 4.74 Å². The van der Waals surface area contributed by atoms with Crippen LogP contribution in [0.5, 0.6) is 5.75 Å². The number of aliphatic hydroxyl groups excluding tert-OH is 2. The number of aliphatic hydroxyl groups is 2. The highest BCUT2D eigenvalue weighted by Crippen LogP contribution is 2.34. The van der Waals surface area contributed by atoms with Gasteiger partial charge in [0.15, 0.2) is 0 Å². The van der Waals surface area contributed by atoms with Gasteiger partial charge in [-0.15, -0.1) is 0 Å². The lowest BCUT2D eigenvalue weighted by atomic mass is 9.78. The average molecular weight is 290 g/mol. The number of hydrogen-bond acceptors (Lipinski definition) is 5. The lowest BCUT2D eigenvalue weighted by molar-refractivity contribution is -0.143. The summed E-state index contributed by atoms with van der Waals surface area (Å²) in [6.45, 7) is 1.96. The van der Waals surface area contributed by atoms with Gasteiger partial charge in [-0.2, -0.15) is 0 Å². The third-order valence-corrected chi connectivity index (χ3v) is 3.98. The Morgan fingerprint density at radius 2 is 1.90 bits per heavy atom. The molecule has 2 aliphatic rings. The summed E-state index contributed by atoms with van der Waals surface area (Å²) >= 11 is 0. The van der Waals surface area contributed by atoms with Gasteiger partial charge in [0.2, 0.25) is 11.5 Å². The molecule has 1 fully saturated rings. The number of rotatable bonds is 2. The number of ether oxygens (including phenoxy) is 2. The number of carbonyl (C=O) groups excluding carboxylic acids is 1. The van der Waals surface area contributed by atoms with E-state index in [0.29, 0.717) is 12.2 Å². The molecule has 0 saturated heterocycles. The number of carbonyl (C=O) groups is 1. The summed E-state index contributed by atoms with van der Waals surface area (Å²) in [6, 6.07) is 7.32. The predicted molar refractivity (Wildman–Crippen MR) is 74.5 cm³/mol. The van der Waals surface area contributed by atoms with Crippen LogP contribution >= 0.6 is 0 Å². The summed E-state index contributed by atoms with van der Waals surface area (Å²) in [5.74, 6) is -0.298. The second kappa shape index (κ2) is 5.50. The van der Waals surface area contributed by atoms with E-state index in [2.05, 4.69) is 0 Å². The van der Waals surface area contributed by atoms with Crippen molar-refractivity contribution in [2.75, 3.05) is 0 Å². The molecule has 0 spiro atoms. The fraction of sp³-hybridized carbons (Fsp3) is 0.438. The van der Waals surface area contributed by atoms with Crippen LogP contribution in [0.2, 0.25) is 0 Å². The molecule has 5 nitrogen and oxygen atoms in total. The standard InChI is InChI=1S/C16H18O5/c1-9-2-4-11(5-3-9)21-14-8-20-13-7-10(17)6-12(18)15(13)16(14)19/h2-5,8,10,12-13,15,17-18H,6-7H2,1H3. The molecule has 21 heavy (non-hydrogen) atoms. The fourth-order valence-electron chi connectivity index (χ4n) is 2.85. The lowest BCUT2D eigenvalue weighted by Crippen LogP contribution is -2.49. The summed E-state index contributed by atoms with van der Waals surface area (Å²) in [5, 5.41) is 19.7. The van der Waals surface area contributed by atoms with E-state index in [0.717, 1.165) is 5.56 Å². The number of benzene rings is 1. The van der Waals surface area contributed by atoms with Crippen molar-refractivity contribution in [3.05, 3.63) is 41.9 Å². The van der Waals surface area contributed by atoms with Crippen molar-refractivity contribution in [2.45, 2.75) is 38.1 Å². The van der Waals surface area contributed by atoms with E-state index in [4.69, 9.17) is 9.47 Å². The largest absolute Gasteiger partial charge is 0.493 e. The molecule has 2 N–H and O–H groups in total. The van der Waals surface area contributed by atoms with Crippen molar-refractivity contribution in [3.8, 4) is 5.75 Å². The molecular formula is C16H18O5. The zero-order chi connectivity index (χ0) is 15.0. The van der Waals surface area contributed by atoms with Gasteiger partial charge in [0.1, 0.15) is 18.1 Å². The molecule has 3 rings (SSSR count). The first-order valence-electron chi connectivity index (χ1n) is 7.05. The molecule has 1 saturated carbocycles. The van der Waals surface area contributed by atoms with Crippen LogP contribution in [0, 0.1) is 12.8 Å². The number of ketones is 1. The van der Waals surface area contributed by atoms with Gasteiger partial charge < -0.3 is 19.7 Å². The van der Waals surface area contributed by atoms with Crippen LogP contribution in [0.4, 0.5) is 0 Å². The second-order valence-electron chi connectivity index (χ2n) is 5.65. The predicted octanol–water partition coefficient (Wildman–Crippen LogP) is 1.31. The smallest absolute Gasteiger partial charge is 0.210 e. The quantitative estimate of drug-likeness (QED) is 0.859. The van der Waals surface area contributed by atoms with Gasteiger partial charge in [-0.1, -0.05) is 17.7 Å². The van der Waals surface area contributed by atoms with Crippen LogP contribution in [0.1, 0.15) is 18.4 Å². The molecule has 1 aliphatic carbocycles. The van der Waals surface area contributed by atoms with Crippen molar-refractivity contribution < 1.29 is 24.5 Å². The van der Waals surface area contributed by atoms with Crippen molar-refractivity contribution in [2.24, 2.45) is 5.92 Å². The van der Waals surface area contributed by atoms with E-state index in [1.807, 2.05) is 19.1 Å². The number of hydrogen-bond donors (Lipinski definition) is 2. The number of fused-ring (bicyclic) bond motifs is 1. The molecule has 1 aromatic carbocycles. The Balaban J connectivity index is 1.78. The highest BCUT2D eigenvalue weighted by molar-refractivity contribution is 5.97. The fourth-order valence-corrected chi connectivity index (χ4v) is 2.85. The minimum Gasteiger partial charge on any atom is -0.493 e. The van der Waals surface area contributed by atoms with E-state index >= 15 is 0 Å². The summed E-state index contributed by atoms with van der Waals surface area (Å²) < 4.78 is 11.0. The number of aryl methyl sites for hydroxylation is 1. The van der Waals surface area contributed by atoms with Gasteiger partial charge in [-0.3, -0.25) is 4.79 Å². The summed E-state index contributed by atoms with van der Waals surface area (Å²) in [4.78, 5) is 12.4. The molecule has 0 radical (unpaired) electrons. The van der Waals surface area contributed by atoms with Gasteiger partial charge in [-0.25, -0.2) is 0 Å². The molecule has 1 heterocycles. The second-order valence-corrected chi connectivity index (χ2v) is 5.65. The van der Waals surface area contributed by atoms with Crippen LogP contribution in [0.25, 0.3) is 0 Å². The van der Waals surface area contributed by atoms with Crippen molar-refractivity contribution in [3.63, 3.8) is 0 Å². The van der Waals surface area contributed by atoms with Crippen LogP contribution in [-0.2, 0) is 9.53 Å². The lowest BCUT2D eigenvalue weighted by Gasteiger charge is -2.38. The van der Waals surface area contributed by atoms with Crippen molar-refractivity contribution in [1.82, 2.24) is 0 Å². The van der Waals surface area contributed by atoms with E-state index in [1.54, 1.807) is 12.1 Å². The Morgan fingerprint density at radius 1 is 1.19 bits per heavy atom. The Hall–Kier alpha value is -1.85. The normalized spacial score (nSPS) is 32.0. The Morgan fingerprint density at radius 3 is 2.62 bits per heavy atom. The number of allylic oxidation sites excluding steroid dienone is 1. The average Bonchev–Trinajstić information content (AvgIpc) is 2.43. The van der Waals surface area contributed by atoms with Crippen molar-refractivity contribution in [1.29, 1.82) is 0 Å². The highest BCUT2D eigenvalue weighted by atomic mass is 16.5. The topological polar surface area (TPSA) is 76.0 Å². The first-order chi connectivity index (χ1) is 10.0. The van der Waals surface area contributed by atoms with Gasteiger partial charge in [0.25, 0.3) is 0 Å². The molecule has 5 heteroatoms. The van der Waals surface area contributed by atoms with E-state index in [1.165, 1.54) is 6.26 Å². The minimum absolute atomic E-state index is 0.0931. The minimum atomic E-state index is -0.906.